The van der Waals surface area contributed by atoms with Crippen molar-refractivity contribution in [3.05, 3.63) is 34.9 Å². The van der Waals surface area contributed by atoms with Crippen molar-refractivity contribution in [1.29, 1.82) is 0 Å². The highest BCUT2D eigenvalue weighted by Gasteiger charge is 2.32. The quantitative estimate of drug-likeness (QED) is 0.800. The Hall–Kier alpha value is -2.51. The van der Waals surface area contributed by atoms with Crippen LogP contribution >= 0.6 is 0 Å². The second kappa shape index (κ2) is 6.58. The first-order chi connectivity index (χ1) is 13.2. The van der Waals surface area contributed by atoms with Gasteiger partial charge in [-0.05, 0) is 25.1 Å². The monoisotopic (exact) mass is 366 g/mol. The van der Waals surface area contributed by atoms with Gasteiger partial charge in [-0.1, -0.05) is 0 Å². The number of morpholine rings is 2. The molecule has 7 nitrogen and oxygen atoms in total. The molecule has 0 spiro atoms. The second-order valence-corrected chi connectivity index (χ2v) is 7.07. The van der Waals surface area contributed by atoms with E-state index in [1.165, 1.54) is 0 Å². The van der Waals surface area contributed by atoms with Gasteiger partial charge < -0.3 is 19.3 Å². The van der Waals surface area contributed by atoms with Crippen LogP contribution in [0.15, 0.2) is 17.8 Å². The summed E-state index contributed by atoms with van der Waals surface area (Å²) in [6, 6.07) is 4.03. The van der Waals surface area contributed by atoms with Crippen molar-refractivity contribution >= 4 is 28.4 Å². The van der Waals surface area contributed by atoms with E-state index in [0.29, 0.717) is 32.1 Å². The normalized spacial score (nSPS) is 20.2. The van der Waals surface area contributed by atoms with Gasteiger partial charge in [0.05, 0.1) is 48.9 Å². The molecule has 2 aromatic rings. The molecule has 0 radical (unpaired) electrons. The van der Waals surface area contributed by atoms with E-state index in [1.807, 2.05) is 25.1 Å². The Bertz CT molecular complexity index is 944. The third-order valence-corrected chi connectivity index (χ3v) is 5.42. The fourth-order valence-electron chi connectivity index (χ4n) is 4.13. The zero-order valence-corrected chi connectivity index (χ0v) is 15.4. The number of ether oxygens (including phenoxy) is 2. The number of rotatable bonds is 2. The number of carbonyl (C=O) groups excluding carboxylic acids is 1. The van der Waals surface area contributed by atoms with Crippen LogP contribution < -0.4 is 4.90 Å². The average Bonchev–Trinajstić information content (AvgIpc) is 2.71. The first kappa shape index (κ1) is 16.6. The topological polar surface area (TPSA) is 67.8 Å². The largest absolute Gasteiger partial charge is 0.378 e. The molecule has 140 valence electrons. The summed E-state index contributed by atoms with van der Waals surface area (Å²) in [5.74, 6) is 0.776. The number of hydrogen-bond donors (Lipinski definition) is 0. The summed E-state index contributed by atoms with van der Waals surface area (Å²) in [7, 11) is 0. The van der Waals surface area contributed by atoms with Crippen LogP contribution in [0.3, 0.4) is 0 Å². The lowest BCUT2D eigenvalue weighted by Gasteiger charge is -2.35. The maximum absolute atomic E-state index is 13.6. The zero-order valence-electron chi connectivity index (χ0n) is 15.4. The van der Waals surface area contributed by atoms with E-state index in [-0.39, 0.29) is 5.78 Å². The molecule has 2 aliphatic heterocycles. The van der Waals surface area contributed by atoms with Crippen molar-refractivity contribution in [2.45, 2.75) is 6.92 Å². The van der Waals surface area contributed by atoms with Crippen LogP contribution in [0, 0.1) is 6.92 Å². The number of aromatic nitrogens is 2. The number of Topliss-reactive ketones (excluding diaryl/α,β-unsaturated/α-hetero) is 1. The molecule has 2 fully saturated rings. The molecule has 0 amide bonds. The number of hydrogen-bond acceptors (Lipinski definition) is 7. The summed E-state index contributed by atoms with van der Waals surface area (Å²) in [4.78, 5) is 27.2. The lowest BCUT2D eigenvalue weighted by molar-refractivity contribution is 0.0512. The Labute approximate surface area is 157 Å². The predicted molar refractivity (Wildman–Crippen MR) is 102 cm³/mol. The minimum absolute atomic E-state index is 0.0592. The minimum atomic E-state index is 0.0592. The van der Waals surface area contributed by atoms with Crippen LogP contribution in [0.2, 0.25) is 0 Å². The van der Waals surface area contributed by atoms with Gasteiger partial charge in [0.2, 0.25) is 5.78 Å². The molecule has 2 saturated heterocycles. The zero-order chi connectivity index (χ0) is 18.4. The van der Waals surface area contributed by atoms with Crippen LogP contribution in [0.25, 0.3) is 17.0 Å². The number of aryl methyl sites for hydroxylation is 1. The molecule has 7 heteroatoms. The van der Waals surface area contributed by atoms with Crippen molar-refractivity contribution in [3.63, 3.8) is 0 Å². The van der Waals surface area contributed by atoms with Crippen LogP contribution in [-0.4, -0.2) is 73.3 Å². The number of ketones is 1. The van der Waals surface area contributed by atoms with Crippen LogP contribution in [-0.2, 0) is 9.47 Å². The van der Waals surface area contributed by atoms with E-state index < -0.39 is 0 Å². The van der Waals surface area contributed by atoms with Crippen LogP contribution in [0.5, 0.6) is 0 Å². The summed E-state index contributed by atoms with van der Waals surface area (Å²) in [5.41, 5.74) is 4.07. The number of allylic oxidation sites excluding steroid dienone is 1. The molecular formula is C20H22N4O3. The lowest BCUT2D eigenvalue weighted by atomic mass is 9.92. The number of anilines is 1. The molecule has 0 atom stereocenters. The summed E-state index contributed by atoms with van der Waals surface area (Å²) in [6.07, 6.45) is 1.93. The second-order valence-electron chi connectivity index (χ2n) is 7.07. The van der Waals surface area contributed by atoms with Gasteiger partial charge >= 0.3 is 0 Å². The fourth-order valence-corrected chi connectivity index (χ4v) is 4.13. The molecular weight excluding hydrogens is 344 g/mol. The van der Waals surface area contributed by atoms with E-state index in [2.05, 4.69) is 19.8 Å². The Morgan fingerprint density at radius 3 is 2.30 bits per heavy atom. The van der Waals surface area contributed by atoms with Gasteiger partial charge in [-0.2, -0.15) is 0 Å². The molecule has 0 N–H and O–H groups in total. The molecule has 5 rings (SSSR count). The van der Waals surface area contributed by atoms with E-state index in [9.17, 15) is 4.79 Å². The van der Waals surface area contributed by atoms with E-state index in [4.69, 9.17) is 9.47 Å². The smallest absolute Gasteiger partial charge is 0.211 e. The van der Waals surface area contributed by atoms with Gasteiger partial charge in [-0.15, -0.1) is 0 Å². The first-order valence-corrected chi connectivity index (χ1v) is 9.45. The third kappa shape index (κ3) is 2.78. The molecule has 1 aliphatic carbocycles. The minimum Gasteiger partial charge on any atom is -0.378 e. The van der Waals surface area contributed by atoms with Gasteiger partial charge in [0.25, 0.3) is 0 Å². The third-order valence-electron chi connectivity index (χ3n) is 5.42. The van der Waals surface area contributed by atoms with Crippen molar-refractivity contribution < 1.29 is 14.3 Å². The Morgan fingerprint density at radius 1 is 0.926 bits per heavy atom. The van der Waals surface area contributed by atoms with Gasteiger partial charge in [0.15, 0.2) is 0 Å². The Kier molecular flexibility index (Phi) is 4.06. The number of benzene rings is 1. The van der Waals surface area contributed by atoms with Gasteiger partial charge in [0, 0.05) is 37.3 Å². The van der Waals surface area contributed by atoms with Crippen molar-refractivity contribution in [1.82, 2.24) is 14.9 Å². The first-order valence-electron chi connectivity index (χ1n) is 9.45. The van der Waals surface area contributed by atoms with E-state index in [1.54, 1.807) is 0 Å². The standard InChI is InChI=1S/C20H22N4O3/c1-13-21-14-2-3-16(23-4-8-26-9-5-23)19-18(14)15(22-13)12-17(20(19)25)24-6-10-27-11-7-24/h2-3,12H,4-11H2,1H3. The molecule has 1 aromatic heterocycles. The molecule has 27 heavy (non-hydrogen) atoms. The SMILES string of the molecule is Cc1nc2c3c(c(N4CCOCC4)ccc3n1)C(=O)C(N1CCOCC1)=C2. The molecule has 3 aliphatic rings. The van der Waals surface area contributed by atoms with Crippen molar-refractivity contribution in [3.8, 4) is 0 Å². The molecule has 1 aromatic carbocycles. The van der Waals surface area contributed by atoms with Gasteiger partial charge in [-0.25, -0.2) is 9.97 Å². The van der Waals surface area contributed by atoms with Crippen LogP contribution in [0.1, 0.15) is 21.9 Å². The molecule has 3 heterocycles. The summed E-state index contributed by atoms with van der Waals surface area (Å²) < 4.78 is 11.0. The molecule has 0 bridgehead atoms. The van der Waals surface area contributed by atoms with Gasteiger partial charge in [0.1, 0.15) is 5.82 Å². The van der Waals surface area contributed by atoms with E-state index >= 15 is 0 Å². The highest BCUT2D eigenvalue weighted by molar-refractivity contribution is 6.24. The lowest BCUT2D eigenvalue weighted by Crippen LogP contribution is -2.40. The van der Waals surface area contributed by atoms with Crippen molar-refractivity contribution in [2.24, 2.45) is 0 Å². The summed E-state index contributed by atoms with van der Waals surface area (Å²) in [6.45, 7) is 7.53. The van der Waals surface area contributed by atoms with Crippen LogP contribution in [0.4, 0.5) is 5.69 Å². The Morgan fingerprint density at radius 2 is 1.59 bits per heavy atom. The van der Waals surface area contributed by atoms with Gasteiger partial charge in [-0.3, -0.25) is 4.79 Å². The predicted octanol–water partition coefficient (Wildman–Crippen LogP) is 1.64. The fraction of sp³-hybridized carbons (Fsp3) is 0.450. The Balaban J connectivity index is 1.70. The number of nitrogens with zero attached hydrogens (tertiary/aromatic N) is 4. The van der Waals surface area contributed by atoms with Crippen molar-refractivity contribution in [2.75, 3.05) is 57.5 Å². The summed E-state index contributed by atoms with van der Waals surface area (Å²) in [5, 5.41) is 0.867. The maximum Gasteiger partial charge on any atom is 0.211 e. The maximum atomic E-state index is 13.6. The summed E-state index contributed by atoms with van der Waals surface area (Å²) >= 11 is 0. The highest BCUT2D eigenvalue weighted by atomic mass is 16.5. The molecule has 0 unspecified atom stereocenters. The van der Waals surface area contributed by atoms with E-state index in [0.717, 1.165) is 59.9 Å². The number of carbonyl (C=O) groups is 1. The average molecular weight is 366 g/mol. The highest BCUT2D eigenvalue weighted by Crippen LogP contribution is 2.37. The molecule has 0 saturated carbocycles.